The highest BCUT2D eigenvalue weighted by molar-refractivity contribution is 8.15. The van der Waals surface area contributed by atoms with Crippen molar-refractivity contribution in [2.45, 2.75) is 13.5 Å². The van der Waals surface area contributed by atoms with Gasteiger partial charge in [-0.3, -0.25) is 9.69 Å². The number of thioether (sulfide) groups is 1. The number of amides is 1. The van der Waals surface area contributed by atoms with Crippen LogP contribution in [0.5, 0.6) is 11.5 Å². The molecule has 1 aliphatic rings. The number of methoxy groups -OCH3 is 2. The Morgan fingerprint density at radius 2 is 2.00 bits per heavy atom. The molecule has 2 aromatic carbocycles. The molecule has 0 saturated carbocycles. The molecular formula is C20H21N3O3S. The minimum Gasteiger partial charge on any atom is -0.497 e. The van der Waals surface area contributed by atoms with Crippen molar-refractivity contribution < 1.29 is 14.3 Å². The first-order chi connectivity index (χ1) is 13.1. The predicted molar refractivity (Wildman–Crippen MR) is 109 cm³/mol. The van der Waals surface area contributed by atoms with Gasteiger partial charge in [0.1, 0.15) is 11.5 Å². The molecule has 3 rings (SSSR count). The van der Waals surface area contributed by atoms with Gasteiger partial charge in [-0.25, -0.2) is 0 Å². The summed E-state index contributed by atoms with van der Waals surface area (Å²) in [7, 11) is 3.19. The van der Waals surface area contributed by atoms with Crippen molar-refractivity contribution in [3.8, 4) is 11.5 Å². The van der Waals surface area contributed by atoms with Crippen molar-refractivity contribution >= 4 is 29.1 Å². The number of carbonyl (C=O) groups excluding carboxylic acids is 1. The van der Waals surface area contributed by atoms with Crippen LogP contribution in [0.2, 0.25) is 0 Å². The van der Waals surface area contributed by atoms with Crippen LogP contribution in [-0.4, -0.2) is 42.2 Å². The molecule has 0 atom stereocenters. The summed E-state index contributed by atoms with van der Waals surface area (Å²) in [4.78, 5) is 13.9. The molecule has 0 unspecified atom stereocenters. The average molecular weight is 383 g/mol. The highest BCUT2D eigenvalue weighted by Crippen LogP contribution is 2.25. The second-order valence-corrected chi connectivity index (χ2v) is 6.87. The molecule has 0 aromatic heterocycles. The van der Waals surface area contributed by atoms with Gasteiger partial charge < -0.3 is 9.47 Å². The zero-order chi connectivity index (χ0) is 19.2. The molecule has 1 amide bonds. The van der Waals surface area contributed by atoms with E-state index in [-0.39, 0.29) is 5.91 Å². The van der Waals surface area contributed by atoms with Crippen molar-refractivity contribution in [2.75, 3.05) is 20.0 Å². The first kappa shape index (κ1) is 19.0. The fourth-order valence-electron chi connectivity index (χ4n) is 2.65. The third-order valence-corrected chi connectivity index (χ3v) is 5.18. The standard InChI is InChI=1S/C20H21N3O3S/c1-14-6-4-5-7-16(14)12-23-19(24)13-27-20(23)22-21-11-15-8-9-17(25-2)10-18(15)26-3/h4-11H,12-13H2,1-3H3/b21-11+,22-20+. The Bertz CT molecular complexity index is 896. The van der Waals surface area contributed by atoms with E-state index < -0.39 is 0 Å². The maximum atomic E-state index is 12.2. The Labute approximate surface area is 162 Å². The molecule has 1 fully saturated rings. The van der Waals surface area contributed by atoms with Gasteiger partial charge in [-0.15, -0.1) is 5.10 Å². The third-order valence-electron chi connectivity index (χ3n) is 4.23. The maximum absolute atomic E-state index is 12.2. The number of hydrogen-bond donors (Lipinski definition) is 0. The van der Waals surface area contributed by atoms with Gasteiger partial charge in [0, 0.05) is 11.6 Å². The predicted octanol–water partition coefficient (Wildman–Crippen LogP) is 3.48. The molecule has 0 radical (unpaired) electrons. The first-order valence-electron chi connectivity index (χ1n) is 8.43. The monoisotopic (exact) mass is 383 g/mol. The van der Waals surface area contributed by atoms with E-state index in [4.69, 9.17) is 9.47 Å². The van der Waals surface area contributed by atoms with E-state index in [2.05, 4.69) is 10.2 Å². The van der Waals surface area contributed by atoms with E-state index in [9.17, 15) is 4.79 Å². The molecule has 140 valence electrons. The quantitative estimate of drug-likeness (QED) is 0.566. The van der Waals surface area contributed by atoms with Crippen LogP contribution in [0.3, 0.4) is 0 Å². The van der Waals surface area contributed by atoms with E-state index in [1.807, 2.05) is 43.3 Å². The number of nitrogens with zero attached hydrogens (tertiary/aromatic N) is 3. The molecule has 0 spiro atoms. The lowest BCUT2D eigenvalue weighted by molar-refractivity contribution is -0.124. The Balaban J connectivity index is 1.78. The zero-order valence-corrected chi connectivity index (χ0v) is 16.3. The van der Waals surface area contributed by atoms with Crippen molar-refractivity contribution in [2.24, 2.45) is 10.2 Å². The number of aryl methyl sites for hydroxylation is 1. The van der Waals surface area contributed by atoms with Gasteiger partial charge in [-0.05, 0) is 30.2 Å². The molecule has 1 saturated heterocycles. The lowest BCUT2D eigenvalue weighted by Crippen LogP contribution is -2.29. The number of hydrogen-bond acceptors (Lipinski definition) is 6. The molecule has 2 aromatic rings. The summed E-state index contributed by atoms with van der Waals surface area (Å²) in [6.07, 6.45) is 1.61. The first-order valence-corrected chi connectivity index (χ1v) is 9.41. The van der Waals surface area contributed by atoms with Crippen LogP contribution in [-0.2, 0) is 11.3 Å². The van der Waals surface area contributed by atoms with Crippen LogP contribution >= 0.6 is 11.8 Å². The minimum atomic E-state index is 0.0410. The number of rotatable bonds is 6. The summed E-state index contributed by atoms with van der Waals surface area (Å²) in [5.41, 5.74) is 3.03. The van der Waals surface area contributed by atoms with Gasteiger partial charge in [-0.1, -0.05) is 36.0 Å². The lowest BCUT2D eigenvalue weighted by Gasteiger charge is -2.16. The number of amidine groups is 1. The van der Waals surface area contributed by atoms with Crippen LogP contribution in [0.1, 0.15) is 16.7 Å². The van der Waals surface area contributed by atoms with Gasteiger partial charge in [0.2, 0.25) is 5.91 Å². The Hall–Kier alpha value is -2.80. The van der Waals surface area contributed by atoms with Gasteiger partial charge >= 0.3 is 0 Å². The number of carbonyl (C=O) groups is 1. The summed E-state index contributed by atoms with van der Waals surface area (Å²) in [6.45, 7) is 2.53. The maximum Gasteiger partial charge on any atom is 0.239 e. The average Bonchev–Trinajstić information content (AvgIpc) is 3.03. The molecule has 27 heavy (non-hydrogen) atoms. The van der Waals surface area contributed by atoms with Gasteiger partial charge in [0.05, 0.1) is 32.7 Å². The zero-order valence-electron chi connectivity index (χ0n) is 15.5. The van der Waals surface area contributed by atoms with E-state index in [1.165, 1.54) is 11.8 Å². The highest BCUT2D eigenvalue weighted by Gasteiger charge is 2.28. The van der Waals surface area contributed by atoms with Gasteiger partial charge in [0.15, 0.2) is 5.17 Å². The van der Waals surface area contributed by atoms with E-state index in [1.54, 1.807) is 31.4 Å². The van der Waals surface area contributed by atoms with E-state index >= 15 is 0 Å². The smallest absolute Gasteiger partial charge is 0.239 e. The summed E-state index contributed by atoms with van der Waals surface area (Å²) >= 11 is 1.40. The number of ether oxygens (including phenoxy) is 2. The third kappa shape index (κ3) is 4.49. The summed E-state index contributed by atoms with van der Waals surface area (Å²) in [5.74, 6) is 1.77. The Morgan fingerprint density at radius 3 is 2.74 bits per heavy atom. The van der Waals surface area contributed by atoms with Gasteiger partial charge in [-0.2, -0.15) is 5.10 Å². The Morgan fingerprint density at radius 1 is 1.19 bits per heavy atom. The molecule has 6 nitrogen and oxygen atoms in total. The van der Waals surface area contributed by atoms with Crippen molar-refractivity contribution in [3.05, 3.63) is 59.2 Å². The van der Waals surface area contributed by atoms with Crippen LogP contribution in [0.15, 0.2) is 52.7 Å². The summed E-state index contributed by atoms with van der Waals surface area (Å²) in [6, 6.07) is 13.5. The van der Waals surface area contributed by atoms with E-state index in [0.717, 1.165) is 16.7 Å². The molecule has 0 aliphatic carbocycles. The second-order valence-electron chi connectivity index (χ2n) is 5.93. The fourth-order valence-corrected chi connectivity index (χ4v) is 3.49. The summed E-state index contributed by atoms with van der Waals surface area (Å²) in [5, 5.41) is 9.03. The SMILES string of the molecule is COc1ccc(/C=N/N=C2/SCC(=O)N2Cc2ccccc2C)c(OC)c1. The molecule has 0 N–H and O–H groups in total. The van der Waals surface area contributed by atoms with Crippen molar-refractivity contribution in [1.29, 1.82) is 0 Å². The fraction of sp³-hybridized carbons (Fsp3) is 0.250. The van der Waals surface area contributed by atoms with Crippen LogP contribution in [0.4, 0.5) is 0 Å². The molecule has 7 heteroatoms. The second kappa shape index (κ2) is 8.73. The molecule has 1 aliphatic heterocycles. The van der Waals surface area contributed by atoms with Crippen LogP contribution in [0, 0.1) is 6.92 Å². The highest BCUT2D eigenvalue weighted by atomic mass is 32.2. The molecule has 0 bridgehead atoms. The van der Waals surface area contributed by atoms with Crippen LogP contribution < -0.4 is 9.47 Å². The molecular weight excluding hydrogens is 362 g/mol. The minimum absolute atomic E-state index is 0.0410. The molecule has 1 heterocycles. The van der Waals surface area contributed by atoms with Crippen LogP contribution in [0.25, 0.3) is 0 Å². The number of benzene rings is 2. The Kier molecular flexibility index (Phi) is 6.13. The van der Waals surface area contributed by atoms with Crippen molar-refractivity contribution in [3.63, 3.8) is 0 Å². The topological polar surface area (TPSA) is 63.5 Å². The van der Waals surface area contributed by atoms with Gasteiger partial charge in [0.25, 0.3) is 0 Å². The van der Waals surface area contributed by atoms with Crippen molar-refractivity contribution in [1.82, 2.24) is 4.90 Å². The largest absolute Gasteiger partial charge is 0.497 e. The lowest BCUT2D eigenvalue weighted by atomic mass is 10.1. The normalized spacial score (nSPS) is 15.7. The van der Waals surface area contributed by atoms with E-state index in [0.29, 0.717) is 29.0 Å². The summed E-state index contributed by atoms with van der Waals surface area (Å²) < 4.78 is 10.5.